The van der Waals surface area contributed by atoms with Crippen molar-refractivity contribution in [2.24, 2.45) is 0 Å². The van der Waals surface area contributed by atoms with Crippen LogP contribution in [0.15, 0.2) is 42.5 Å². The van der Waals surface area contributed by atoms with Gasteiger partial charge in [0.2, 0.25) is 0 Å². The molecule has 1 aliphatic heterocycles. The zero-order chi connectivity index (χ0) is 17.8. The maximum atomic E-state index is 11.1. The minimum atomic E-state index is -0.820. The van der Waals surface area contributed by atoms with Crippen LogP contribution in [0.4, 0.5) is 0 Å². The van der Waals surface area contributed by atoms with Crippen LogP contribution >= 0.6 is 34.4 Å². The summed E-state index contributed by atoms with van der Waals surface area (Å²) in [7, 11) is 1.61. The second-order valence-corrected chi connectivity index (χ2v) is 7.88. The summed E-state index contributed by atoms with van der Waals surface area (Å²) >= 11 is 3.81. The molecule has 5 nitrogen and oxygen atoms in total. The number of nitrogens with one attached hydrogen (secondary N) is 1. The third-order valence-electron chi connectivity index (χ3n) is 3.86. The van der Waals surface area contributed by atoms with Gasteiger partial charge in [-0.3, -0.25) is 10.1 Å². The molecule has 1 heterocycles. The fourth-order valence-electron chi connectivity index (χ4n) is 2.57. The molecule has 1 fully saturated rings. The first-order valence-electron chi connectivity index (χ1n) is 7.73. The van der Waals surface area contributed by atoms with Crippen molar-refractivity contribution in [2.75, 3.05) is 12.9 Å². The van der Waals surface area contributed by atoms with E-state index in [-0.39, 0.29) is 5.37 Å². The number of benzene rings is 2. The molecular formula is C18H18INO4S. The lowest BCUT2D eigenvalue weighted by Crippen LogP contribution is -2.33. The summed E-state index contributed by atoms with van der Waals surface area (Å²) in [5.74, 6) is 1.08. The number of aliphatic carboxylic acids is 1. The summed E-state index contributed by atoms with van der Waals surface area (Å²) < 4.78 is 12.4. The van der Waals surface area contributed by atoms with E-state index in [0.717, 1.165) is 14.7 Å². The maximum absolute atomic E-state index is 11.1. The summed E-state index contributed by atoms with van der Waals surface area (Å²) in [4.78, 5) is 11.1. The summed E-state index contributed by atoms with van der Waals surface area (Å²) in [6, 6.07) is 13.4. The lowest BCUT2D eigenvalue weighted by atomic mass is 10.2. The number of carboxylic acid groups (broad SMARTS) is 1. The van der Waals surface area contributed by atoms with E-state index in [4.69, 9.17) is 14.6 Å². The smallest absolute Gasteiger partial charge is 0.321 e. The first-order chi connectivity index (χ1) is 12.1. The quantitative estimate of drug-likeness (QED) is 0.627. The fraction of sp³-hybridized carbons (Fsp3) is 0.278. The van der Waals surface area contributed by atoms with Crippen LogP contribution < -0.4 is 14.8 Å². The third kappa shape index (κ3) is 4.39. The molecule has 0 bridgehead atoms. The molecular weight excluding hydrogens is 453 g/mol. The van der Waals surface area contributed by atoms with Crippen molar-refractivity contribution >= 4 is 40.3 Å². The van der Waals surface area contributed by atoms with Gasteiger partial charge < -0.3 is 14.6 Å². The fourth-order valence-corrected chi connectivity index (χ4v) is 4.56. The van der Waals surface area contributed by atoms with Crippen molar-refractivity contribution in [2.45, 2.75) is 18.0 Å². The van der Waals surface area contributed by atoms with Gasteiger partial charge in [0.1, 0.15) is 12.6 Å². The molecule has 2 aromatic carbocycles. The maximum Gasteiger partial charge on any atom is 0.321 e. The molecule has 7 heteroatoms. The molecule has 0 saturated carbocycles. The minimum absolute atomic E-state index is 0.0633. The lowest BCUT2D eigenvalue weighted by molar-refractivity contribution is -0.138. The van der Waals surface area contributed by atoms with Crippen LogP contribution in [0.3, 0.4) is 0 Å². The molecule has 0 radical (unpaired) electrons. The molecule has 2 aromatic rings. The Balaban J connectivity index is 1.78. The second-order valence-electron chi connectivity index (χ2n) is 5.58. The Kier molecular flexibility index (Phi) is 6.08. The van der Waals surface area contributed by atoms with Crippen LogP contribution in [0.5, 0.6) is 11.5 Å². The van der Waals surface area contributed by atoms with Gasteiger partial charge in [-0.25, -0.2) is 0 Å². The van der Waals surface area contributed by atoms with Crippen molar-refractivity contribution in [3.63, 3.8) is 0 Å². The van der Waals surface area contributed by atoms with E-state index in [2.05, 4.69) is 27.9 Å². The van der Waals surface area contributed by atoms with Gasteiger partial charge in [0.15, 0.2) is 11.5 Å². The Morgan fingerprint density at radius 2 is 2.12 bits per heavy atom. The van der Waals surface area contributed by atoms with Crippen LogP contribution in [0, 0.1) is 3.57 Å². The van der Waals surface area contributed by atoms with E-state index < -0.39 is 12.0 Å². The number of methoxy groups -OCH3 is 1. The largest absolute Gasteiger partial charge is 0.493 e. The molecule has 0 amide bonds. The number of carbonyl (C=O) groups is 1. The Morgan fingerprint density at radius 3 is 2.76 bits per heavy atom. The molecule has 2 atom stereocenters. The number of hydrogen-bond donors (Lipinski definition) is 2. The SMILES string of the molecule is COc1cc(C2NC(C(=O)O)CS2)cc(I)c1OCc1ccccc1. The average molecular weight is 471 g/mol. The van der Waals surface area contributed by atoms with Crippen molar-refractivity contribution in [1.82, 2.24) is 5.32 Å². The van der Waals surface area contributed by atoms with Crippen molar-refractivity contribution in [3.8, 4) is 11.5 Å². The lowest BCUT2D eigenvalue weighted by Gasteiger charge is -2.17. The highest BCUT2D eigenvalue weighted by atomic mass is 127. The van der Waals surface area contributed by atoms with Gasteiger partial charge >= 0.3 is 5.97 Å². The number of carboxylic acids is 1. The number of hydrogen-bond acceptors (Lipinski definition) is 5. The molecule has 132 valence electrons. The van der Waals surface area contributed by atoms with E-state index in [0.29, 0.717) is 23.9 Å². The highest BCUT2D eigenvalue weighted by molar-refractivity contribution is 14.1. The number of thioether (sulfide) groups is 1. The molecule has 3 rings (SSSR count). The van der Waals surface area contributed by atoms with Crippen molar-refractivity contribution in [3.05, 3.63) is 57.2 Å². The van der Waals surface area contributed by atoms with Gasteiger partial charge in [0, 0.05) is 5.75 Å². The van der Waals surface area contributed by atoms with E-state index in [9.17, 15) is 4.79 Å². The van der Waals surface area contributed by atoms with E-state index in [1.54, 1.807) is 18.9 Å². The molecule has 0 aromatic heterocycles. The highest BCUT2D eigenvalue weighted by Gasteiger charge is 2.31. The zero-order valence-corrected chi connectivity index (χ0v) is 16.5. The molecule has 2 unspecified atom stereocenters. The first-order valence-corrected chi connectivity index (χ1v) is 9.86. The van der Waals surface area contributed by atoms with E-state index in [1.807, 2.05) is 42.5 Å². The third-order valence-corrected chi connectivity index (χ3v) is 5.93. The van der Waals surface area contributed by atoms with Gasteiger partial charge in [-0.2, -0.15) is 0 Å². The normalized spacial score (nSPS) is 19.6. The Morgan fingerprint density at radius 1 is 1.36 bits per heavy atom. The van der Waals surface area contributed by atoms with Crippen LogP contribution in [-0.4, -0.2) is 30.0 Å². The van der Waals surface area contributed by atoms with Crippen molar-refractivity contribution in [1.29, 1.82) is 0 Å². The molecule has 1 saturated heterocycles. The van der Waals surface area contributed by atoms with E-state index in [1.165, 1.54) is 0 Å². The minimum Gasteiger partial charge on any atom is -0.493 e. The molecule has 25 heavy (non-hydrogen) atoms. The monoisotopic (exact) mass is 471 g/mol. The molecule has 2 N–H and O–H groups in total. The topological polar surface area (TPSA) is 67.8 Å². The number of halogens is 1. The van der Waals surface area contributed by atoms with Crippen LogP contribution in [0.2, 0.25) is 0 Å². The summed E-state index contributed by atoms with van der Waals surface area (Å²) in [6.07, 6.45) is 0. The zero-order valence-electron chi connectivity index (χ0n) is 13.6. The average Bonchev–Trinajstić information content (AvgIpc) is 3.11. The van der Waals surface area contributed by atoms with Crippen LogP contribution in [0.1, 0.15) is 16.5 Å². The standard InChI is InChI=1S/C18H18INO4S/c1-23-15-8-12(17-20-14(10-25-17)18(21)22)7-13(19)16(15)24-9-11-5-3-2-4-6-11/h2-8,14,17,20H,9-10H2,1H3,(H,21,22). The summed E-state index contributed by atoms with van der Waals surface area (Å²) in [5, 5.41) is 12.2. The van der Waals surface area contributed by atoms with Gasteiger partial charge in [0.05, 0.1) is 16.1 Å². The van der Waals surface area contributed by atoms with Gasteiger partial charge in [-0.1, -0.05) is 30.3 Å². The number of rotatable bonds is 6. The molecule has 0 aliphatic carbocycles. The second kappa shape index (κ2) is 8.29. The van der Waals surface area contributed by atoms with Crippen LogP contribution in [-0.2, 0) is 11.4 Å². The summed E-state index contributed by atoms with van der Waals surface area (Å²) in [6.45, 7) is 0.462. The Hall–Kier alpha value is -1.45. The Bertz CT molecular complexity index is 756. The first kappa shape index (κ1) is 18.3. The summed E-state index contributed by atoms with van der Waals surface area (Å²) in [5.41, 5.74) is 2.07. The predicted molar refractivity (Wildman–Crippen MR) is 106 cm³/mol. The highest BCUT2D eigenvalue weighted by Crippen LogP contribution is 2.40. The predicted octanol–water partition coefficient (Wildman–Crippen LogP) is 3.67. The van der Waals surface area contributed by atoms with Gasteiger partial charge in [0.25, 0.3) is 0 Å². The number of ether oxygens (including phenoxy) is 2. The molecule has 0 spiro atoms. The van der Waals surface area contributed by atoms with E-state index >= 15 is 0 Å². The van der Waals surface area contributed by atoms with Crippen LogP contribution in [0.25, 0.3) is 0 Å². The van der Waals surface area contributed by atoms with Gasteiger partial charge in [-0.15, -0.1) is 11.8 Å². The van der Waals surface area contributed by atoms with Gasteiger partial charge in [-0.05, 0) is 45.9 Å². The molecule has 1 aliphatic rings. The van der Waals surface area contributed by atoms with Crippen molar-refractivity contribution < 1.29 is 19.4 Å². The Labute approximate surface area is 164 Å².